The number of nitrogens with two attached hydrogens (primary N) is 1. The molecule has 3 fully saturated rings. The van der Waals surface area contributed by atoms with Crippen molar-refractivity contribution >= 4 is 28.9 Å². The molecular weight excluding hydrogens is 353 g/mol. The second kappa shape index (κ2) is 7.64. The van der Waals surface area contributed by atoms with Crippen LogP contribution in [0.4, 0.5) is 5.69 Å². The maximum atomic E-state index is 6.48. The van der Waals surface area contributed by atoms with Crippen molar-refractivity contribution in [3.8, 4) is 0 Å². The lowest BCUT2D eigenvalue weighted by Gasteiger charge is -2.55. The molecule has 1 heterocycles. The van der Waals surface area contributed by atoms with Gasteiger partial charge in [-0.2, -0.15) is 0 Å². The Morgan fingerprint density at radius 3 is 2.44 bits per heavy atom. The Bertz CT molecular complexity index is 601. The Morgan fingerprint density at radius 2 is 1.72 bits per heavy atom. The first kappa shape index (κ1) is 17.9. The van der Waals surface area contributed by atoms with Gasteiger partial charge >= 0.3 is 0 Å². The molecule has 1 aromatic rings. The molecule has 1 aromatic carbocycles. The molecule has 0 bridgehead atoms. The first-order valence-corrected chi connectivity index (χ1v) is 10.6. The molecule has 25 heavy (non-hydrogen) atoms. The summed E-state index contributed by atoms with van der Waals surface area (Å²) in [5.41, 5.74) is 7.16. The zero-order valence-electron chi connectivity index (χ0n) is 14.8. The fourth-order valence-corrected chi connectivity index (χ4v) is 5.34. The van der Waals surface area contributed by atoms with Gasteiger partial charge < -0.3 is 10.6 Å². The molecule has 1 saturated heterocycles. The molecule has 1 aliphatic heterocycles. The lowest BCUT2D eigenvalue weighted by molar-refractivity contribution is 0.0651. The summed E-state index contributed by atoms with van der Waals surface area (Å²) < 4.78 is 0. The molecule has 2 aliphatic carbocycles. The maximum absolute atomic E-state index is 6.48. The summed E-state index contributed by atoms with van der Waals surface area (Å²) in [5, 5.41) is 1.37. The molecule has 0 amide bonds. The van der Waals surface area contributed by atoms with Crippen molar-refractivity contribution < 1.29 is 0 Å². The van der Waals surface area contributed by atoms with Crippen LogP contribution in [0.5, 0.6) is 0 Å². The van der Waals surface area contributed by atoms with E-state index >= 15 is 0 Å². The van der Waals surface area contributed by atoms with Crippen LogP contribution < -0.4 is 10.6 Å². The fourth-order valence-electron chi connectivity index (χ4n) is 4.94. The number of nitrogens with zero attached hydrogens (tertiary/aromatic N) is 2. The van der Waals surface area contributed by atoms with Crippen LogP contribution in [0.25, 0.3) is 0 Å². The van der Waals surface area contributed by atoms with Gasteiger partial charge in [0, 0.05) is 31.2 Å². The topological polar surface area (TPSA) is 32.5 Å². The number of hydrogen-bond acceptors (Lipinski definition) is 3. The van der Waals surface area contributed by atoms with E-state index in [4.69, 9.17) is 28.9 Å². The largest absolute Gasteiger partial charge is 0.364 e. The van der Waals surface area contributed by atoms with Crippen molar-refractivity contribution in [3.05, 3.63) is 28.2 Å². The van der Waals surface area contributed by atoms with Crippen LogP contribution in [0.15, 0.2) is 18.2 Å². The van der Waals surface area contributed by atoms with Gasteiger partial charge in [-0.25, -0.2) is 0 Å². The quantitative estimate of drug-likeness (QED) is 0.829. The standard InChI is InChI=1S/C20H29Cl2N3/c21-16-2-1-3-19(20(16)22)25-13-12-24(17-8-9-18(17)25)11-10-14-4-6-15(23)7-5-14/h1-3,14-15,17-18H,4-13,23H2. The van der Waals surface area contributed by atoms with Crippen LogP contribution in [0, 0.1) is 5.92 Å². The molecule has 0 spiro atoms. The van der Waals surface area contributed by atoms with E-state index in [0.29, 0.717) is 28.2 Å². The molecule has 2 saturated carbocycles. The number of fused-ring (bicyclic) bond motifs is 1. The van der Waals surface area contributed by atoms with Gasteiger partial charge in [0.2, 0.25) is 0 Å². The normalized spacial score (nSPS) is 33.0. The number of piperazine rings is 1. The average Bonchev–Trinajstić information content (AvgIpc) is 2.58. The van der Waals surface area contributed by atoms with Crippen LogP contribution in [-0.2, 0) is 0 Å². The predicted molar refractivity (Wildman–Crippen MR) is 107 cm³/mol. The third kappa shape index (κ3) is 3.66. The molecule has 4 rings (SSSR count). The summed E-state index contributed by atoms with van der Waals surface area (Å²) in [6.45, 7) is 3.44. The van der Waals surface area contributed by atoms with Crippen molar-refractivity contribution in [3.63, 3.8) is 0 Å². The molecule has 3 aliphatic rings. The highest BCUT2D eigenvalue weighted by Gasteiger charge is 2.43. The van der Waals surface area contributed by atoms with E-state index in [-0.39, 0.29) is 0 Å². The van der Waals surface area contributed by atoms with E-state index in [1.165, 1.54) is 51.5 Å². The van der Waals surface area contributed by atoms with E-state index in [1.54, 1.807) is 0 Å². The van der Waals surface area contributed by atoms with E-state index in [9.17, 15) is 0 Å². The second-order valence-electron chi connectivity index (χ2n) is 8.08. The van der Waals surface area contributed by atoms with Gasteiger partial charge in [-0.05, 0) is 69.5 Å². The van der Waals surface area contributed by atoms with Gasteiger partial charge in [-0.1, -0.05) is 29.3 Å². The Kier molecular flexibility index (Phi) is 5.47. The number of hydrogen-bond donors (Lipinski definition) is 1. The van der Waals surface area contributed by atoms with Gasteiger partial charge in [0.25, 0.3) is 0 Å². The minimum Gasteiger partial charge on any atom is -0.364 e. The Labute approximate surface area is 161 Å². The van der Waals surface area contributed by atoms with Gasteiger partial charge in [0.15, 0.2) is 0 Å². The third-order valence-corrected chi connectivity index (χ3v) is 7.47. The Hall–Kier alpha value is -0.480. The predicted octanol–water partition coefficient (Wildman–Crippen LogP) is 4.55. The van der Waals surface area contributed by atoms with Crippen molar-refractivity contribution in [2.24, 2.45) is 11.7 Å². The molecule has 2 N–H and O–H groups in total. The summed E-state index contributed by atoms with van der Waals surface area (Å²) in [6, 6.07) is 7.75. The van der Waals surface area contributed by atoms with Crippen LogP contribution in [0.2, 0.25) is 10.0 Å². The van der Waals surface area contributed by atoms with Crippen LogP contribution in [0.1, 0.15) is 44.9 Å². The minimum atomic E-state index is 0.457. The lowest BCUT2D eigenvalue weighted by Crippen LogP contribution is -2.65. The fraction of sp³-hybridized carbons (Fsp3) is 0.700. The van der Waals surface area contributed by atoms with E-state index in [0.717, 1.165) is 24.7 Å². The monoisotopic (exact) mass is 381 g/mol. The molecule has 2 unspecified atom stereocenters. The van der Waals surface area contributed by atoms with Crippen LogP contribution in [-0.4, -0.2) is 42.7 Å². The average molecular weight is 382 g/mol. The molecule has 5 heteroatoms. The first-order valence-electron chi connectivity index (χ1n) is 9.84. The van der Waals surface area contributed by atoms with E-state index in [2.05, 4.69) is 15.9 Å². The molecule has 138 valence electrons. The van der Waals surface area contributed by atoms with Crippen molar-refractivity contribution in [2.45, 2.75) is 63.1 Å². The van der Waals surface area contributed by atoms with Crippen molar-refractivity contribution in [1.29, 1.82) is 0 Å². The summed E-state index contributed by atoms with van der Waals surface area (Å²) >= 11 is 12.7. The minimum absolute atomic E-state index is 0.457. The smallest absolute Gasteiger partial charge is 0.0825 e. The molecule has 2 atom stereocenters. The van der Waals surface area contributed by atoms with E-state index < -0.39 is 0 Å². The molecule has 3 nitrogen and oxygen atoms in total. The van der Waals surface area contributed by atoms with E-state index in [1.807, 2.05) is 12.1 Å². The number of benzene rings is 1. The van der Waals surface area contributed by atoms with Crippen molar-refractivity contribution in [2.75, 3.05) is 24.5 Å². The van der Waals surface area contributed by atoms with Gasteiger partial charge in [0.05, 0.1) is 15.7 Å². The molecule has 0 aromatic heterocycles. The summed E-state index contributed by atoms with van der Waals surface area (Å²) in [4.78, 5) is 5.23. The highest BCUT2D eigenvalue weighted by atomic mass is 35.5. The van der Waals surface area contributed by atoms with Gasteiger partial charge in [0.1, 0.15) is 0 Å². The second-order valence-corrected chi connectivity index (χ2v) is 8.87. The van der Waals surface area contributed by atoms with Gasteiger partial charge in [-0.15, -0.1) is 0 Å². The van der Waals surface area contributed by atoms with Crippen LogP contribution >= 0.6 is 23.2 Å². The number of anilines is 1. The Morgan fingerprint density at radius 1 is 0.960 bits per heavy atom. The Balaban J connectivity index is 1.36. The molecular formula is C20H29Cl2N3. The third-order valence-electron chi connectivity index (χ3n) is 6.66. The van der Waals surface area contributed by atoms with Crippen LogP contribution in [0.3, 0.4) is 0 Å². The zero-order chi connectivity index (χ0) is 17.4. The lowest BCUT2D eigenvalue weighted by atomic mass is 9.80. The maximum Gasteiger partial charge on any atom is 0.0825 e. The van der Waals surface area contributed by atoms with Crippen molar-refractivity contribution in [1.82, 2.24) is 4.90 Å². The SMILES string of the molecule is NC1CCC(CCN2CCN(c3cccc(Cl)c3Cl)C3CCC32)CC1. The highest BCUT2D eigenvalue weighted by molar-refractivity contribution is 6.43. The summed E-state index contributed by atoms with van der Waals surface area (Å²) in [6.07, 6.45) is 9.02. The summed E-state index contributed by atoms with van der Waals surface area (Å²) in [5.74, 6) is 0.888. The number of rotatable bonds is 4. The molecule has 0 radical (unpaired) electrons. The van der Waals surface area contributed by atoms with Gasteiger partial charge in [-0.3, -0.25) is 4.90 Å². The zero-order valence-corrected chi connectivity index (χ0v) is 16.4. The highest BCUT2D eigenvalue weighted by Crippen LogP contribution is 2.41. The summed E-state index contributed by atoms with van der Waals surface area (Å²) in [7, 11) is 0. The number of halogens is 2. The first-order chi connectivity index (χ1) is 12.1.